The molecule has 0 unspecified atom stereocenters. The van der Waals surface area contributed by atoms with E-state index in [4.69, 9.17) is 30.5 Å². The molecular formula is C22H25ClN6O5. The molecule has 0 spiro atoms. The molecule has 2 aliphatic heterocycles. The van der Waals surface area contributed by atoms with Crippen LogP contribution in [0.15, 0.2) is 18.3 Å². The lowest BCUT2D eigenvalue weighted by Gasteiger charge is -2.29. The highest BCUT2D eigenvalue weighted by Gasteiger charge is 2.28. The summed E-state index contributed by atoms with van der Waals surface area (Å²) in [7, 11) is 1.63. The average Bonchev–Trinajstić information content (AvgIpc) is 3.25. The third-order valence-electron chi connectivity index (χ3n) is 5.55. The lowest BCUT2D eigenvalue weighted by Crippen LogP contribution is -2.41. The van der Waals surface area contributed by atoms with Crippen LogP contribution in [-0.4, -0.2) is 85.5 Å². The predicted octanol–water partition coefficient (Wildman–Crippen LogP) is 2.66. The summed E-state index contributed by atoms with van der Waals surface area (Å²) in [6, 6.07) is 3.50. The highest BCUT2D eigenvalue weighted by molar-refractivity contribution is 6.36. The van der Waals surface area contributed by atoms with Gasteiger partial charge in [-0.05, 0) is 12.1 Å². The fraction of sp³-hybridized carbons (Fsp3) is 0.409. The Balaban J connectivity index is 1.47. The van der Waals surface area contributed by atoms with Crippen LogP contribution in [0.25, 0.3) is 11.0 Å². The highest BCUT2D eigenvalue weighted by Crippen LogP contribution is 2.42. The summed E-state index contributed by atoms with van der Waals surface area (Å²) < 4.78 is 22.3. The van der Waals surface area contributed by atoms with Crippen molar-refractivity contribution < 1.29 is 23.7 Å². The van der Waals surface area contributed by atoms with Gasteiger partial charge >= 0.3 is 0 Å². The van der Waals surface area contributed by atoms with Crippen molar-refractivity contribution in [2.45, 2.75) is 0 Å². The van der Waals surface area contributed by atoms with Crippen LogP contribution < -0.4 is 20.1 Å². The molecule has 180 valence electrons. The van der Waals surface area contributed by atoms with Gasteiger partial charge in [0, 0.05) is 32.9 Å². The standard InChI is InChI=1S/C22H25ClN6O5/c1-31-7-4-24-19-16-14(23)12-25-20(16)28-22(27-19)26-15-3-2-13(17-18(15)34-11-10-33-17)21(30)29-5-8-32-9-6-29/h2-3,12H,4-11H2,1H3,(H3,24,25,26,27,28). The molecule has 2 aromatic heterocycles. The van der Waals surface area contributed by atoms with Gasteiger partial charge in [-0.1, -0.05) is 11.6 Å². The molecule has 0 radical (unpaired) electrons. The number of amides is 1. The molecule has 0 bridgehead atoms. The summed E-state index contributed by atoms with van der Waals surface area (Å²) in [6.07, 6.45) is 1.66. The van der Waals surface area contributed by atoms with Crippen molar-refractivity contribution in [3.8, 4) is 11.5 Å². The molecule has 12 heteroatoms. The number of anilines is 3. The number of aromatic amines is 1. The molecule has 1 fully saturated rings. The Hall–Kier alpha value is -3.28. The summed E-state index contributed by atoms with van der Waals surface area (Å²) in [6.45, 7) is 3.91. The molecule has 0 atom stereocenters. The van der Waals surface area contributed by atoms with E-state index in [0.717, 1.165) is 0 Å². The second-order valence-corrected chi connectivity index (χ2v) is 8.13. The number of nitrogens with one attached hydrogen (secondary N) is 3. The van der Waals surface area contributed by atoms with E-state index in [1.165, 1.54) is 0 Å². The van der Waals surface area contributed by atoms with Crippen LogP contribution in [0.5, 0.6) is 11.5 Å². The third-order valence-corrected chi connectivity index (χ3v) is 5.84. The summed E-state index contributed by atoms with van der Waals surface area (Å²) >= 11 is 6.33. The van der Waals surface area contributed by atoms with E-state index in [1.807, 2.05) is 0 Å². The maximum atomic E-state index is 13.1. The molecule has 34 heavy (non-hydrogen) atoms. The Labute approximate surface area is 200 Å². The lowest BCUT2D eigenvalue weighted by atomic mass is 10.1. The summed E-state index contributed by atoms with van der Waals surface area (Å²) in [5.41, 5.74) is 1.62. The zero-order chi connectivity index (χ0) is 23.5. The molecule has 2 aliphatic rings. The Morgan fingerprint density at radius 3 is 2.76 bits per heavy atom. The normalized spacial score (nSPS) is 15.4. The molecule has 11 nitrogen and oxygen atoms in total. The van der Waals surface area contributed by atoms with Crippen LogP contribution in [0.3, 0.4) is 0 Å². The monoisotopic (exact) mass is 488 g/mol. The highest BCUT2D eigenvalue weighted by atomic mass is 35.5. The maximum absolute atomic E-state index is 13.1. The SMILES string of the molecule is COCCNc1nc(Nc2ccc(C(=O)N3CCOCC3)c3c2OCCO3)nc2[nH]cc(Cl)c12. The number of H-pyrrole nitrogens is 1. The first kappa shape index (κ1) is 22.5. The number of carbonyl (C=O) groups is 1. The van der Waals surface area contributed by atoms with Crippen LogP contribution in [0.4, 0.5) is 17.5 Å². The summed E-state index contributed by atoms with van der Waals surface area (Å²) in [4.78, 5) is 27.1. The molecule has 4 heterocycles. The van der Waals surface area contributed by atoms with Crippen molar-refractivity contribution >= 4 is 46.0 Å². The Morgan fingerprint density at radius 2 is 1.97 bits per heavy atom. The van der Waals surface area contributed by atoms with Crippen molar-refractivity contribution in [1.29, 1.82) is 0 Å². The molecule has 5 rings (SSSR count). The van der Waals surface area contributed by atoms with E-state index >= 15 is 0 Å². The van der Waals surface area contributed by atoms with Crippen molar-refractivity contribution in [3.63, 3.8) is 0 Å². The van der Waals surface area contributed by atoms with Crippen molar-refractivity contribution in [2.24, 2.45) is 0 Å². The lowest BCUT2D eigenvalue weighted by molar-refractivity contribution is 0.0298. The van der Waals surface area contributed by atoms with Gasteiger partial charge in [0.05, 0.1) is 41.5 Å². The second-order valence-electron chi connectivity index (χ2n) is 7.72. The third kappa shape index (κ3) is 4.41. The zero-order valence-corrected chi connectivity index (χ0v) is 19.4. The zero-order valence-electron chi connectivity index (χ0n) is 18.6. The molecular weight excluding hydrogens is 464 g/mol. The van der Waals surface area contributed by atoms with Gasteiger partial charge in [0.15, 0.2) is 11.5 Å². The van der Waals surface area contributed by atoms with Gasteiger partial charge < -0.3 is 39.5 Å². The smallest absolute Gasteiger partial charge is 0.257 e. The average molecular weight is 489 g/mol. The number of fused-ring (bicyclic) bond motifs is 2. The summed E-state index contributed by atoms with van der Waals surface area (Å²) in [5, 5.41) is 7.64. The number of morpholine rings is 1. The number of rotatable bonds is 7. The number of hydrogen-bond donors (Lipinski definition) is 3. The number of benzene rings is 1. The fourth-order valence-electron chi connectivity index (χ4n) is 3.91. The quantitative estimate of drug-likeness (QED) is 0.430. The molecule has 1 amide bonds. The Morgan fingerprint density at radius 1 is 1.18 bits per heavy atom. The molecule has 0 aliphatic carbocycles. The second kappa shape index (κ2) is 9.92. The van der Waals surface area contributed by atoms with Crippen molar-refractivity contribution in [2.75, 3.05) is 70.4 Å². The number of aromatic nitrogens is 3. The number of hydrogen-bond acceptors (Lipinski definition) is 9. The van der Waals surface area contributed by atoms with E-state index in [1.54, 1.807) is 30.3 Å². The topological polar surface area (TPSA) is 123 Å². The molecule has 3 aromatic rings. The van der Waals surface area contributed by atoms with E-state index in [-0.39, 0.29) is 5.91 Å². The Bertz CT molecular complexity index is 1200. The van der Waals surface area contributed by atoms with Gasteiger partial charge in [0.2, 0.25) is 5.95 Å². The van der Waals surface area contributed by atoms with Crippen LogP contribution >= 0.6 is 11.6 Å². The van der Waals surface area contributed by atoms with E-state index in [2.05, 4.69) is 25.6 Å². The van der Waals surface area contributed by atoms with E-state index in [0.29, 0.717) is 103 Å². The van der Waals surface area contributed by atoms with Crippen LogP contribution in [0.2, 0.25) is 5.02 Å². The first-order valence-electron chi connectivity index (χ1n) is 11.0. The molecule has 0 saturated carbocycles. The summed E-state index contributed by atoms with van der Waals surface area (Å²) in [5.74, 6) is 1.65. The molecule has 1 saturated heterocycles. The van der Waals surface area contributed by atoms with Gasteiger partial charge in [-0.2, -0.15) is 9.97 Å². The van der Waals surface area contributed by atoms with E-state index in [9.17, 15) is 4.79 Å². The molecule has 3 N–H and O–H groups in total. The number of carbonyl (C=O) groups excluding carboxylic acids is 1. The maximum Gasteiger partial charge on any atom is 0.257 e. The predicted molar refractivity (Wildman–Crippen MR) is 127 cm³/mol. The van der Waals surface area contributed by atoms with Crippen LogP contribution in [0, 0.1) is 0 Å². The van der Waals surface area contributed by atoms with Gasteiger partial charge in [-0.3, -0.25) is 4.79 Å². The minimum atomic E-state index is -0.111. The van der Waals surface area contributed by atoms with Crippen molar-refractivity contribution in [3.05, 3.63) is 28.9 Å². The largest absolute Gasteiger partial charge is 0.485 e. The first-order valence-corrected chi connectivity index (χ1v) is 11.4. The van der Waals surface area contributed by atoms with Crippen molar-refractivity contribution in [1.82, 2.24) is 19.9 Å². The minimum Gasteiger partial charge on any atom is -0.485 e. The van der Waals surface area contributed by atoms with Gasteiger partial charge in [0.1, 0.15) is 24.7 Å². The minimum absolute atomic E-state index is 0.111. The van der Waals surface area contributed by atoms with E-state index < -0.39 is 0 Å². The van der Waals surface area contributed by atoms with Gasteiger partial charge in [-0.15, -0.1) is 0 Å². The van der Waals surface area contributed by atoms with Crippen LogP contribution in [-0.2, 0) is 9.47 Å². The Kier molecular flexibility index (Phi) is 6.57. The fourth-order valence-corrected chi connectivity index (χ4v) is 4.14. The number of nitrogens with zero attached hydrogens (tertiary/aromatic N) is 3. The number of halogens is 1. The number of methoxy groups -OCH3 is 1. The molecule has 1 aromatic carbocycles. The van der Waals surface area contributed by atoms with Crippen LogP contribution in [0.1, 0.15) is 10.4 Å². The number of ether oxygens (including phenoxy) is 4. The van der Waals surface area contributed by atoms with Gasteiger partial charge in [0.25, 0.3) is 5.91 Å². The van der Waals surface area contributed by atoms with Gasteiger partial charge in [-0.25, -0.2) is 0 Å². The first-order chi connectivity index (χ1) is 16.7.